The molecule has 0 aromatic heterocycles. The fraction of sp³-hybridized carbons (Fsp3) is 0.677. The number of nitrogens with zero attached hydrogens (tertiary/aromatic N) is 3. The smallest absolute Gasteiger partial charge is 0.325 e. The Kier molecular flexibility index (Phi) is 23.9. The van der Waals surface area contributed by atoms with Crippen molar-refractivity contribution in [3.8, 4) is 0 Å². The third-order valence-corrected chi connectivity index (χ3v) is 7.65. The van der Waals surface area contributed by atoms with Crippen LogP contribution in [0.4, 0.5) is 0 Å². The van der Waals surface area contributed by atoms with Crippen LogP contribution in [0.5, 0.6) is 0 Å². The molecule has 0 aromatic carbocycles. The second-order valence-electron chi connectivity index (χ2n) is 12.3. The van der Waals surface area contributed by atoms with Gasteiger partial charge in [-0.25, -0.2) is 0 Å². The van der Waals surface area contributed by atoms with Crippen molar-refractivity contribution in [2.24, 2.45) is 43.6 Å². The number of hydrogen-bond acceptors (Lipinski definition) is 11. The second-order valence-corrected chi connectivity index (χ2v) is 12.3. The van der Waals surface area contributed by atoms with Crippen LogP contribution >= 0.6 is 0 Å². The van der Waals surface area contributed by atoms with E-state index in [4.69, 9.17) is 28.7 Å². The fourth-order valence-electron chi connectivity index (χ4n) is 4.59. The molecule has 6 amide bonds. The van der Waals surface area contributed by atoms with Crippen molar-refractivity contribution in [3.05, 3.63) is 0 Å². The number of aliphatic carboxylic acids is 1. The lowest BCUT2D eigenvalue weighted by Crippen LogP contribution is -2.58. The maximum atomic E-state index is 13.4. The highest BCUT2D eigenvalue weighted by atomic mass is 16.4. The van der Waals surface area contributed by atoms with Gasteiger partial charge in [0.15, 0.2) is 17.9 Å². The van der Waals surface area contributed by atoms with Gasteiger partial charge in [-0.15, -0.1) is 0 Å². The Morgan fingerprint density at radius 2 is 1.00 bits per heavy atom. The Labute approximate surface area is 319 Å². The number of nitrogens with one attached hydrogen (secondary N) is 8. The number of aliphatic imine (C=N–C) groups is 3. The monoisotopic (exact) mass is 784 g/mol. The highest BCUT2D eigenvalue weighted by Gasteiger charge is 2.30. The van der Waals surface area contributed by atoms with Crippen molar-refractivity contribution < 1.29 is 38.7 Å². The highest BCUT2D eigenvalue weighted by molar-refractivity contribution is 5.96. The van der Waals surface area contributed by atoms with Crippen LogP contribution in [-0.2, 0) is 33.6 Å². The summed E-state index contributed by atoms with van der Waals surface area (Å²) in [5, 5.41) is 30.0. The van der Waals surface area contributed by atoms with Crippen molar-refractivity contribution in [2.45, 2.75) is 95.5 Å². The first-order chi connectivity index (χ1) is 25.9. The predicted molar refractivity (Wildman–Crippen MR) is 205 cm³/mol. The molecule has 0 bridgehead atoms. The topological polar surface area (TPSA) is 403 Å². The molecule has 0 heterocycles. The number of hydrogen-bond donors (Lipinski definition) is 14. The van der Waals surface area contributed by atoms with Crippen LogP contribution in [0.1, 0.15) is 59.3 Å². The maximum absolute atomic E-state index is 13.4. The van der Waals surface area contributed by atoms with E-state index in [9.17, 15) is 38.7 Å². The van der Waals surface area contributed by atoms with E-state index in [1.54, 1.807) is 14.1 Å². The van der Waals surface area contributed by atoms with Crippen molar-refractivity contribution in [1.82, 2.24) is 42.5 Å². The second kappa shape index (κ2) is 26.8. The molecule has 312 valence electrons. The summed E-state index contributed by atoms with van der Waals surface area (Å²) in [6.45, 7) is 4.23. The van der Waals surface area contributed by atoms with Crippen LogP contribution in [0.3, 0.4) is 0 Å². The van der Waals surface area contributed by atoms with Gasteiger partial charge in [-0.1, -0.05) is 0 Å². The maximum Gasteiger partial charge on any atom is 0.325 e. The minimum atomic E-state index is -1.30. The van der Waals surface area contributed by atoms with Gasteiger partial charge in [0.1, 0.15) is 36.3 Å². The van der Waals surface area contributed by atoms with Crippen molar-refractivity contribution in [1.29, 1.82) is 0 Å². The minimum Gasteiger partial charge on any atom is -0.480 e. The molecule has 0 rings (SSSR count). The molecular formula is C31H60N16O8. The van der Waals surface area contributed by atoms with Gasteiger partial charge in [0.2, 0.25) is 35.4 Å². The average Bonchev–Trinajstić information content (AvgIpc) is 3.12. The summed E-state index contributed by atoms with van der Waals surface area (Å²) in [7, 11) is 3.27. The molecule has 0 radical (unpaired) electrons. The van der Waals surface area contributed by atoms with Gasteiger partial charge in [-0.3, -0.25) is 48.5 Å². The first-order valence-electron chi connectivity index (χ1n) is 17.6. The van der Waals surface area contributed by atoms with Crippen LogP contribution in [-0.4, -0.2) is 141 Å². The van der Waals surface area contributed by atoms with E-state index in [1.807, 2.05) is 0 Å². The largest absolute Gasteiger partial charge is 0.480 e. The summed E-state index contributed by atoms with van der Waals surface area (Å²) in [5.74, 6) is -5.52. The van der Waals surface area contributed by atoms with Gasteiger partial charge < -0.3 is 76.3 Å². The highest BCUT2D eigenvalue weighted by Crippen LogP contribution is 2.05. The summed E-state index contributed by atoms with van der Waals surface area (Å²) in [4.78, 5) is 101. The zero-order chi connectivity index (χ0) is 42.1. The van der Waals surface area contributed by atoms with Crippen LogP contribution < -0.4 is 71.2 Å². The Hall–Kier alpha value is -5.94. The first-order valence-corrected chi connectivity index (χ1v) is 17.6. The van der Waals surface area contributed by atoms with Gasteiger partial charge in [0, 0.05) is 33.7 Å². The van der Waals surface area contributed by atoms with Crippen LogP contribution in [0.25, 0.3) is 0 Å². The molecule has 6 atom stereocenters. The van der Waals surface area contributed by atoms with Gasteiger partial charge >= 0.3 is 5.97 Å². The lowest BCUT2D eigenvalue weighted by atomic mass is 10.1. The third kappa shape index (κ3) is 21.4. The Balaban J connectivity index is 5.82. The Morgan fingerprint density at radius 1 is 0.600 bits per heavy atom. The molecule has 24 heteroatoms. The summed E-state index contributed by atoms with van der Waals surface area (Å²) >= 11 is 0. The lowest BCUT2D eigenvalue weighted by Gasteiger charge is -2.25. The van der Waals surface area contributed by atoms with E-state index >= 15 is 0 Å². The minimum absolute atomic E-state index is 0.00408. The van der Waals surface area contributed by atoms with E-state index in [1.165, 1.54) is 20.8 Å². The zero-order valence-electron chi connectivity index (χ0n) is 32.1. The van der Waals surface area contributed by atoms with E-state index in [-0.39, 0.29) is 63.7 Å². The van der Waals surface area contributed by atoms with Crippen molar-refractivity contribution >= 4 is 59.3 Å². The van der Waals surface area contributed by atoms with E-state index < -0.39 is 77.7 Å². The normalized spacial score (nSPS) is 14.2. The summed E-state index contributed by atoms with van der Waals surface area (Å²) in [5.41, 5.74) is 26.9. The average molecular weight is 785 g/mol. The lowest BCUT2D eigenvalue weighted by molar-refractivity contribution is -0.141. The molecule has 0 spiro atoms. The van der Waals surface area contributed by atoms with Crippen molar-refractivity contribution in [3.63, 3.8) is 0 Å². The van der Waals surface area contributed by atoms with E-state index in [0.29, 0.717) is 18.9 Å². The number of nitrogens with two attached hydrogens (primary N) is 5. The van der Waals surface area contributed by atoms with Crippen LogP contribution in [0.15, 0.2) is 15.0 Å². The number of carbonyl (C=O) groups excluding carboxylic acids is 6. The van der Waals surface area contributed by atoms with Gasteiger partial charge in [0.25, 0.3) is 0 Å². The standard InChI is InChI=1S/C31H60N16O8/c1-16(42-25(51)19(45-22(48)15-32)9-8-14-41-31(37-4)38-5)23(49)46-20(10-6-12-39-29(33)34)26(52)43-17(2)24(50)47-21(11-7-13-40-30(35)36)27(53)44-18(3)28(54)55/h16-21H,6-15,32H2,1-5H3,(H,42,51)(H,43,52)(H,44,53)(H,45,48)(H,46,49)(H,47,50)(H,54,55)(H4,33,34,39)(H4,35,36,40)(H2,37,38,41)/t16-,17-,18-,19-,20-,21-/m0/s1. The van der Waals surface area contributed by atoms with Gasteiger partial charge in [-0.05, 0) is 59.3 Å². The fourth-order valence-corrected chi connectivity index (χ4v) is 4.59. The molecule has 0 aromatic rings. The number of carboxylic acid groups (broad SMARTS) is 1. The number of carboxylic acids is 1. The molecule has 0 aliphatic carbocycles. The summed E-state index contributed by atoms with van der Waals surface area (Å²) < 4.78 is 0. The molecule has 0 fully saturated rings. The molecule has 55 heavy (non-hydrogen) atoms. The van der Waals surface area contributed by atoms with Crippen LogP contribution in [0.2, 0.25) is 0 Å². The zero-order valence-corrected chi connectivity index (χ0v) is 32.1. The third-order valence-electron chi connectivity index (χ3n) is 7.65. The van der Waals surface area contributed by atoms with E-state index in [2.05, 4.69) is 57.5 Å². The molecule has 0 aliphatic rings. The Bertz CT molecular complexity index is 1380. The van der Waals surface area contributed by atoms with Crippen LogP contribution in [0, 0.1) is 0 Å². The van der Waals surface area contributed by atoms with Crippen molar-refractivity contribution in [2.75, 3.05) is 40.3 Å². The number of carbonyl (C=O) groups is 7. The number of guanidine groups is 3. The first kappa shape index (κ1) is 49.1. The molecule has 0 saturated carbocycles. The molecule has 24 nitrogen and oxygen atoms in total. The Morgan fingerprint density at radius 3 is 1.36 bits per heavy atom. The number of rotatable bonds is 25. The molecule has 0 unspecified atom stereocenters. The molecule has 19 N–H and O–H groups in total. The SMILES string of the molecule is CN=C(NC)NCCC[C@H](NC(=O)CN)C(=O)N[C@@H](C)C(=O)N[C@@H](CCCN=C(N)N)C(=O)N[C@@H](C)C(=O)N[C@@H](CCCN=C(N)N)C(=O)N[C@@H](C)C(=O)O. The molecule has 0 saturated heterocycles. The quantitative estimate of drug-likeness (QED) is 0.0233. The van der Waals surface area contributed by atoms with Gasteiger partial charge in [0.05, 0.1) is 6.54 Å². The predicted octanol–water partition coefficient (Wildman–Crippen LogP) is -6.32. The summed E-state index contributed by atoms with van der Waals surface area (Å²) in [6, 6.07) is -7.19. The molecular weight excluding hydrogens is 724 g/mol. The molecule has 0 aliphatic heterocycles. The summed E-state index contributed by atoms with van der Waals surface area (Å²) in [6.07, 6.45) is 1.10. The van der Waals surface area contributed by atoms with E-state index in [0.717, 1.165) is 0 Å². The van der Waals surface area contributed by atoms with Gasteiger partial charge in [-0.2, -0.15) is 0 Å². The number of amides is 6.